The van der Waals surface area contributed by atoms with E-state index in [4.69, 9.17) is 15.2 Å². The van der Waals surface area contributed by atoms with Crippen molar-refractivity contribution in [2.24, 2.45) is 0 Å². The van der Waals surface area contributed by atoms with E-state index in [0.29, 0.717) is 18.0 Å². The molecule has 1 heterocycles. The maximum Gasteiger partial charge on any atom is 0.325 e. The summed E-state index contributed by atoms with van der Waals surface area (Å²) in [6.07, 6.45) is 0. The third-order valence-electron chi connectivity index (χ3n) is 2.83. The smallest absolute Gasteiger partial charge is 0.325 e. The van der Waals surface area contributed by atoms with E-state index in [1.165, 1.54) is 7.11 Å². The Morgan fingerprint density at radius 1 is 1.56 bits per heavy atom. The second-order valence-corrected chi connectivity index (χ2v) is 5.02. The Bertz CT molecular complexity index is 471. The van der Waals surface area contributed by atoms with E-state index < -0.39 is 0 Å². The second kappa shape index (κ2) is 4.40. The average Bonchev–Trinajstić information content (AvgIpc) is 2.26. The van der Waals surface area contributed by atoms with Crippen molar-refractivity contribution in [3.63, 3.8) is 0 Å². The van der Waals surface area contributed by atoms with E-state index in [-0.39, 0.29) is 18.1 Å². The van der Waals surface area contributed by atoms with Crippen molar-refractivity contribution in [1.82, 2.24) is 0 Å². The minimum Gasteiger partial charge on any atom is -0.484 e. The number of hydrogen-bond acceptors (Lipinski definition) is 5. The number of rotatable bonds is 2. The molecule has 1 aliphatic rings. The normalized spacial score (nSPS) is 16.7. The number of nitrogens with two attached hydrogens (primary N) is 1. The van der Waals surface area contributed by atoms with Crippen molar-refractivity contribution >= 4 is 17.3 Å². The van der Waals surface area contributed by atoms with Gasteiger partial charge in [-0.2, -0.15) is 0 Å². The van der Waals surface area contributed by atoms with Crippen LogP contribution in [0.1, 0.15) is 13.8 Å². The van der Waals surface area contributed by atoms with Crippen molar-refractivity contribution < 1.29 is 14.3 Å². The lowest BCUT2D eigenvalue weighted by molar-refractivity contribution is -0.139. The van der Waals surface area contributed by atoms with Crippen LogP contribution in [0.2, 0.25) is 0 Å². The molecule has 5 heteroatoms. The molecule has 0 saturated carbocycles. The van der Waals surface area contributed by atoms with Crippen molar-refractivity contribution in [3.8, 4) is 5.75 Å². The largest absolute Gasteiger partial charge is 0.484 e. The van der Waals surface area contributed by atoms with Gasteiger partial charge in [0.2, 0.25) is 0 Å². The van der Waals surface area contributed by atoms with Gasteiger partial charge in [-0.25, -0.2) is 0 Å². The number of fused-ring (bicyclic) bond motifs is 1. The number of nitrogen functional groups attached to an aromatic ring is 1. The zero-order chi connectivity index (χ0) is 13.3. The first-order chi connectivity index (χ1) is 8.41. The van der Waals surface area contributed by atoms with Crippen LogP contribution < -0.4 is 15.4 Å². The van der Waals surface area contributed by atoms with Crippen molar-refractivity contribution in [3.05, 3.63) is 18.2 Å². The number of anilines is 2. The summed E-state index contributed by atoms with van der Waals surface area (Å²) < 4.78 is 10.6. The zero-order valence-electron chi connectivity index (χ0n) is 10.9. The molecule has 0 unspecified atom stereocenters. The lowest BCUT2D eigenvalue weighted by Crippen LogP contribution is -2.48. The van der Waals surface area contributed by atoms with E-state index in [1.54, 1.807) is 12.1 Å². The highest BCUT2D eigenvalue weighted by atomic mass is 16.5. The van der Waals surface area contributed by atoms with Gasteiger partial charge < -0.3 is 20.1 Å². The van der Waals surface area contributed by atoms with Gasteiger partial charge in [0.25, 0.3) is 0 Å². The number of hydrogen-bond donors (Lipinski definition) is 1. The molecule has 0 bridgehead atoms. The molecule has 2 rings (SSSR count). The van der Waals surface area contributed by atoms with Crippen LogP contribution in [0, 0.1) is 0 Å². The van der Waals surface area contributed by atoms with Gasteiger partial charge >= 0.3 is 5.97 Å². The van der Waals surface area contributed by atoms with Crippen molar-refractivity contribution in [2.45, 2.75) is 19.4 Å². The van der Waals surface area contributed by atoms with Gasteiger partial charge in [0, 0.05) is 11.8 Å². The first kappa shape index (κ1) is 12.5. The monoisotopic (exact) mass is 250 g/mol. The number of nitrogens with zero attached hydrogens (tertiary/aromatic N) is 1. The summed E-state index contributed by atoms with van der Waals surface area (Å²) in [5.74, 6) is 0.436. The number of benzene rings is 1. The highest BCUT2D eigenvalue weighted by Gasteiger charge is 2.32. The Hall–Kier alpha value is -1.91. The minimum atomic E-state index is -0.366. The van der Waals surface area contributed by atoms with E-state index in [1.807, 2.05) is 24.8 Å². The molecule has 5 nitrogen and oxygen atoms in total. The molecular weight excluding hydrogens is 232 g/mol. The fraction of sp³-hybridized carbons (Fsp3) is 0.462. The summed E-state index contributed by atoms with van der Waals surface area (Å²) in [6.45, 7) is 4.78. The lowest BCUT2D eigenvalue weighted by atomic mass is 10.0. The standard InChI is InChI=1S/C13H18N2O3/c1-13(2)8-15(7-12(16)17-3)10-5-4-9(14)6-11(10)18-13/h4-6H,7-8,14H2,1-3H3. The molecule has 1 aromatic rings. The molecule has 0 radical (unpaired) electrons. The Morgan fingerprint density at radius 2 is 2.28 bits per heavy atom. The number of carbonyl (C=O) groups excluding carboxylic acids is 1. The molecule has 18 heavy (non-hydrogen) atoms. The first-order valence-electron chi connectivity index (χ1n) is 5.81. The Morgan fingerprint density at radius 3 is 2.94 bits per heavy atom. The summed E-state index contributed by atoms with van der Waals surface area (Å²) in [6, 6.07) is 5.44. The predicted molar refractivity (Wildman–Crippen MR) is 69.8 cm³/mol. The topological polar surface area (TPSA) is 64.8 Å². The maximum atomic E-state index is 11.4. The van der Waals surface area contributed by atoms with Crippen molar-refractivity contribution in [2.75, 3.05) is 30.8 Å². The summed E-state index contributed by atoms with van der Waals surface area (Å²) in [5.41, 5.74) is 6.90. The van der Waals surface area contributed by atoms with Gasteiger partial charge in [-0.3, -0.25) is 4.79 Å². The average molecular weight is 250 g/mol. The number of methoxy groups -OCH3 is 1. The van der Waals surface area contributed by atoms with Crippen LogP contribution in [0.5, 0.6) is 5.75 Å². The molecule has 0 aliphatic carbocycles. The third kappa shape index (κ3) is 2.50. The highest BCUT2D eigenvalue weighted by molar-refractivity contribution is 5.78. The summed E-state index contributed by atoms with van der Waals surface area (Å²) >= 11 is 0. The van der Waals surface area contributed by atoms with Crippen LogP contribution in [0.4, 0.5) is 11.4 Å². The van der Waals surface area contributed by atoms with Crippen LogP contribution in [-0.4, -0.2) is 31.8 Å². The Labute approximate surface area is 106 Å². The van der Waals surface area contributed by atoms with E-state index in [2.05, 4.69) is 0 Å². The SMILES string of the molecule is COC(=O)CN1CC(C)(C)Oc2cc(N)ccc21. The molecule has 0 aromatic heterocycles. The van der Waals surface area contributed by atoms with Crippen LogP contribution in [-0.2, 0) is 9.53 Å². The summed E-state index contributed by atoms with van der Waals surface area (Å²) in [5, 5.41) is 0. The van der Waals surface area contributed by atoms with Gasteiger partial charge in [0.1, 0.15) is 17.9 Å². The Kier molecular flexibility index (Phi) is 3.07. The molecule has 0 atom stereocenters. The molecule has 1 aromatic carbocycles. The molecule has 0 fully saturated rings. The second-order valence-electron chi connectivity index (χ2n) is 5.02. The van der Waals surface area contributed by atoms with Gasteiger partial charge in [-0.05, 0) is 26.0 Å². The molecule has 1 aliphatic heterocycles. The molecule has 98 valence electrons. The van der Waals surface area contributed by atoms with E-state index in [0.717, 1.165) is 5.69 Å². The molecule has 0 spiro atoms. The van der Waals surface area contributed by atoms with Gasteiger partial charge in [0.15, 0.2) is 0 Å². The van der Waals surface area contributed by atoms with E-state index in [9.17, 15) is 4.79 Å². The molecule has 2 N–H and O–H groups in total. The number of ether oxygens (including phenoxy) is 2. The lowest BCUT2D eigenvalue weighted by Gasteiger charge is -2.40. The summed E-state index contributed by atoms with van der Waals surface area (Å²) in [7, 11) is 1.39. The zero-order valence-corrected chi connectivity index (χ0v) is 10.9. The Balaban J connectivity index is 2.34. The van der Waals surface area contributed by atoms with Crippen LogP contribution in [0.3, 0.4) is 0 Å². The fourth-order valence-corrected chi connectivity index (χ4v) is 2.11. The highest BCUT2D eigenvalue weighted by Crippen LogP contribution is 2.38. The van der Waals surface area contributed by atoms with Crippen LogP contribution >= 0.6 is 0 Å². The molecule has 0 amide bonds. The third-order valence-corrected chi connectivity index (χ3v) is 2.83. The molecular formula is C13H18N2O3. The first-order valence-corrected chi connectivity index (χ1v) is 5.81. The van der Waals surface area contributed by atoms with Crippen LogP contribution in [0.25, 0.3) is 0 Å². The number of esters is 1. The van der Waals surface area contributed by atoms with E-state index >= 15 is 0 Å². The maximum absolute atomic E-state index is 11.4. The van der Waals surface area contributed by atoms with Crippen LogP contribution in [0.15, 0.2) is 18.2 Å². The predicted octanol–water partition coefficient (Wildman–Crippen LogP) is 1.42. The van der Waals surface area contributed by atoms with Gasteiger partial charge in [-0.1, -0.05) is 0 Å². The molecule has 0 saturated heterocycles. The van der Waals surface area contributed by atoms with Gasteiger partial charge in [-0.15, -0.1) is 0 Å². The quantitative estimate of drug-likeness (QED) is 0.635. The van der Waals surface area contributed by atoms with Crippen molar-refractivity contribution in [1.29, 1.82) is 0 Å². The summed E-state index contributed by atoms with van der Waals surface area (Å²) in [4.78, 5) is 13.4. The number of carbonyl (C=O) groups is 1. The fourth-order valence-electron chi connectivity index (χ4n) is 2.11. The van der Waals surface area contributed by atoms with Gasteiger partial charge in [0.05, 0.1) is 19.3 Å². The minimum absolute atomic E-state index is 0.209.